The minimum Gasteiger partial charge on any atom is -0.339 e. The maximum atomic E-state index is 12.7. The number of hydrogen-bond donors (Lipinski definition) is 0. The van der Waals surface area contributed by atoms with E-state index in [0.29, 0.717) is 6.42 Å². The summed E-state index contributed by atoms with van der Waals surface area (Å²) in [5.74, 6) is 0.173. The van der Waals surface area contributed by atoms with Crippen LogP contribution in [0.15, 0.2) is 61.2 Å². The van der Waals surface area contributed by atoms with E-state index in [2.05, 4.69) is 28.1 Å². The number of carbonyl (C=O) groups is 1. The minimum atomic E-state index is 0.0200. The molecule has 0 saturated heterocycles. The molecule has 154 valence electrons. The van der Waals surface area contributed by atoms with Crippen LogP contribution in [0.25, 0.3) is 15.9 Å². The molecule has 2 aromatic heterocycles. The van der Waals surface area contributed by atoms with Crippen LogP contribution in [0.5, 0.6) is 0 Å². The van der Waals surface area contributed by atoms with Gasteiger partial charge in [0.15, 0.2) is 0 Å². The second-order valence-electron chi connectivity index (χ2n) is 7.39. The van der Waals surface area contributed by atoms with Gasteiger partial charge in [0.1, 0.15) is 12.7 Å². The maximum absolute atomic E-state index is 12.7. The molecule has 0 saturated carbocycles. The molecule has 0 unspecified atom stereocenters. The number of aryl methyl sites for hydroxylation is 1. The van der Waals surface area contributed by atoms with Crippen LogP contribution < -0.4 is 0 Å². The Labute approximate surface area is 180 Å². The highest BCUT2D eigenvalue weighted by molar-refractivity contribution is 7.18. The van der Waals surface area contributed by atoms with Crippen LogP contribution in [0.4, 0.5) is 0 Å². The molecule has 7 heteroatoms. The number of amides is 1. The number of nitrogens with zero attached hydrogens (tertiary/aromatic N) is 5. The first-order valence-corrected chi connectivity index (χ1v) is 11.0. The van der Waals surface area contributed by atoms with E-state index in [4.69, 9.17) is 0 Å². The monoisotopic (exact) mass is 419 g/mol. The van der Waals surface area contributed by atoms with Crippen molar-refractivity contribution in [1.82, 2.24) is 24.6 Å². The lowest BCUT2D eigenvalue weighted by atomic mass is 10.1. The molecule has 30 heavy (non-hydrogen) atoms. The third-order valence-electron chi connectivity index (χ3n) is 5.40. The second-order valence-corrected chi connectivity index (χ2v) is 8.51. The Balaban J connectivity index is 1.26. The Morgan fingerprint density at radius 3 is 2.67 bits per heavy atom. The van der Waals surface area contributed by atoms with E-state index >= 15 is 0 Å². The van der Waals surface area contributed by atoms with Crippen LogP contribution in [0, 0.1) is 0 Å². The number of aromatic nitrogens is 4. The quantitative estimate of drug-likeness (QED) is 0.385. The summed E-state index contributed by atoms with van der Waals surface area (Å²) in [6.45, 7) is 2.06. The first-order valence-electron chi connectivity index (χ1n) is 10.2. The van der Waals surface area contributed by atoms with Crippen LogP contribution in [0.2, 0.25) is 0 Å². The minimum absolute atomic E-state index is 0.0200. The molecule has 2 aromatic carbocycles. The highest BCUT2D eigenvalue weighted by Gasteiger charge is 2.17. The van der Waals surface area contributed by atoms with Gasteiger partial charge in [-0.25, -0.2) is 14.6 Å². The average Bonchev–Trinajstić information content (AvgIpc) is 3.45. The maximum Gasteiger partial charge on any atom is 0.222 e. The van der Waals surface area contributed by atoms with E-state index in [0.717, 1.165) is 41.0 Å². The fourth-order valence-electron chi connectivity index (χ4n) is 3.44. The topological polar surface area (TPSA) is 63.9 Å². The van der Waals surface area contributed by atoms with Crippen molar-refractivity contribution in [3.05, 3.63) is 71.8 Å². The van der Waals surface area contributed by atoms with E-state index in [1.165, 1.54) is 11.0 Å². The molecule has 0 aliphatic carbocycles. The number of rotatable bonds is 8. The van der Waals surface area contributed by atoms with Crippen molar-refractivity contribution >= 4 is 27.5 Å². The number of carbonyl (C=O) groups excluding carboxylic acids is 1. The van der Waals surface area contributed by atoms with Gasteiger partial charge in [0, 0.05) is 13.5 Å². The highest BCUT2D eigenvalue weighted by atomic mass is 32.1. The zero-order valence-electron chi connectivity index (χ0n) is 17.2. The van der Waals surface area contributed by atoms with Crippen molar-refractivity contribution in [1.29, 1.82) is 0 Å². The fraction of sp³-hybridized carbons (Fsp3) is 0.304. The Kier molecular flexibility index (Phi) is 6.18. The van der Waals surface area contributed by atoms with Gasteiger partial charge in [-0.2, -0.15) is 5.10 Å². The number of unbranched alkanes of at least 4 members (excludes halogenated alkanes) is 1. The third-order valence-corrected chi connectivity index (χ3v) is 6.50. The molecule has 0 aliphatic rings. The van der Waals surface area contributed by atoms with Gasteiger partial charge < -0.3 is 4.90 Å². The summed E-state index contributed by atoms with van der Waals surface area (Å²) in [4.78, 5) is 23.1. The molecule has 0 fully saturated rings. The lowest BCUT2D eigenvalue weighted by Gasteiger charge is -2.25. The SMILES string of the molecule is C[C@H](c1ccc(-n2cncn2)cc1)N(C)C(=O)CCCCc1nc2ccccc2s1. The van der Waals surface area contributed by atoms with Crippen LogP contribution in [-0.2, 0) is 11.2 Å². The van der Waals surface area contributed by atoms with Crippen molar-refractivity contribution in [2.75, 3.05) is 7.05 Å². The highest BCUT2D eigenvalue weighted by Crippen LogP contribution is 2.24. The van der Waals surface area contributed by atoms with Crippen molar-refractivity contribution in [3.63, 3.8) is 0 Å². The lowest BCUT2D eigenvalue weighted by molar-refractivity contribution is -0.131. The number of benzene rings is 2. The zero-order valence-corrected chi connectivity index (χ0v) is 18.0. The molecule has 4 rings (SSSR count). The van der Waals surface area contributed by atoms with E-state index in [1.807, 2.05) is 54.4 Å². The summed E-state index contributed by atoms with van der Waals surface area (Å²) in [7, 11) is 1.88. The molecule has 0 bridgehead atoms. The predicted octanol–water partition coefficient (Wildman–Crippen LogP) is 4.81. The normalized spacial score (nSPS) is 12.2. The summed E-state index contributed by atoms with van der Waals surface area (Å²) in [5.41, 5.74) is 3.12. The Morgan fingerprint density at radius 2 is 1.93 bits per heavy atom. The summed E-state index contributed by atoms with van der Waals surface area (Å²) < 4.78 is 2.95. The largest absolute Gasteiger partial charge is 0.339 e. The first kappa shape index (κ1) is 20.2. The van der Waals surface area contributed by atoms with Crippen LogP contribution in [0.1, 0.15) is 42.8 Å². The number of hydrogen-bond acceptors (Lipinski definition) is 5. The Hall–Kier alpha value is -3.06. The smallest absolute Gasteiger partial charge is 0.222 e. The summed E-state index contributed by atoms with van der Waals surface area (Å²) in [6, 6.07) is 16.3. The van der Waals surface area contributed by atoms with Crippen molar-refractivity contribution in [2.24, 2.45) is 0 Å². The van der Waals surface area contributed by atoms with Gasteiger partial charge in [0.05, 0.1) is 27.0 Å². The molecule has 1 atom stereocenters. The fourth-order valence-corrected chi connectivity index (χ4v) is 4.45. The number of para-hydroxylation sites is 1. The van der Waals surface area contributed by atoms with E-state index in [1.54, 1.807) is 22.3 Å². The molecule has 0 aliphatic heterocycles. The predicted molar refractivity (Wildman–Crippen MR) is 120 cm³/mol. The van der Waals surface area contributed by atoms with Gasteiger partial charge in [-0.15, -0.1) is 11.3 Å². The van der Waals surface area contributed by atoms with Crippen molar-refractivity contribution in [2.45, 2.75) is 38.6 Å². The van der Waals surface area contributed by atoms with Gasteiger partial charge in [0.2, 0.25) is 5.91 Å². The molecule has 0 radical (unpaired) electrons. The Morgan fingerprint density at radius 1 is 1.13 bits per heavy atom. The molecule has 2 heterocycles. The van der Waals surface area contributed by atoms with Crippen LogP contribution in [0.3, 0.4) is 0 Å². The molecule has 0 N–H and O–H groups in total. The lowest BCUT2D eigenvalue weighted by Crippen LogP contribution is -2.29. The van der Waals surface area contributed by atoms with E-state index in [9.17, 15) is 4.79 Å². The summed E-state index contributed by atoms with van der Waals surface area (Å²) in [5, 5.41) is 5.29. The molecular weight excluding hydrogens is 394 g/mol. The summed E-state index contributed by atoms with van der Waals surface area (Å²) >= 11 is 1.75. The van der Waals surface area contributed by atoms with Gasteiger partial charge in [0.25, 0.3) is 0 Å². The average molecular weight is 420 g/mol. The van der Waals surface area contributed by atoms with Gasteiger partial charge >= 0.3 is 0 Å². The van der Waals surface area contributed by atoms with Crippen molar-refractivity contribution in [3.8, 4) is 5.69 Å². The number of fused-ring (bicyclic) bond motifs is 1. The molecule has 4 aromatic rings. The van der Waals surface area contributed by atoms with Gasteiger partial charge in [-0.1, -0.05) is 24.3 Å². The molecule has 0 spiro atoms. The molecular formula is C23H25N5OS. The van der Waals surface area contributed by atoms with Gasteiger partial charge in [-0.3, -0.25) is 4.79 Å². The number of thiazole rings is 1. The van der Waals surface area contributed by atoms with Crippen LogP contribution in [-0.4, -0.2) is 37.6 Å². The second kappa shape index (κ2) is 9.17. The summed E-state index contributed by atoms with van der Waals surface area (Å²) in [6.07, 6.45) is 6.51. The van der Waals surface area contributed by atoms with E-state index in [-0.39, 0.29) is 11.9 Å². The zero-order chi connectivity index (χ0) is 20.9. The molecule has 1 amide bonds. The standard InChI is InChI=1S/C23H25N5OS/c1-17(18-11-13-19(14-12-18)28-16-24-15-25-28)27(2)23(29)10-6-5-9-22-26-20-7-3-4-8-21(20)30-22/h3-4,7-8,11-17H,5-6,9-10H2,1-2H3/t17-/m1/s1. The molecule has 6 nitrogen and oxygen atoms in total. The van der Waals surface area contributed by atoms with E-state index < -0.39 is 0 Å². The third kappa shape index (κ3) is 4.57. The first-order chi connectivity index (χ1) is 14.6. The van der Waals surface area contributed by atoms with Crippen LogP contribution >= 0.6 is 11.3 Å². The Bertz CT molecular complexity index is 1070. The van der Waals surface area contributed by atoms with Gasteiger partial charge in [-0.05, 0) is 56.0 Å². The van der Waals surface area contributed by atoms with Crippen molar-refractivity contribution < 1.29 is 4.79 Å².